The molecule has 0 radical (unpaired) electrons. The Morgan fingerprint density at radius 1 is 1.29 bits per heavy atom. The maximum Gasteiger partial charge on any atom is 0.245 e. The van der Waals surface area contributed by atoms with Crippen LogP contribution in [0.15, 0.2) is 42.7 Å². The van der Waals surface area contributed by atoms with Crippen LogP contribution >= 0.6 is 0 Å². The second-order valence-electron chi connectivity index (χ2n) is 8.31. The van der Waals surface area contributed by atoms with E-state index in [1.54, 1.807) is 18.5 Å². The second-order valence-corrected chi connectivity index (χ2v) is 8.31. The third-order valence-electron chi connectivity index (χ3n) is 5.51. The van der Waals surface area contributed by atoms with Crippen molar-refractivity contribution in [1.29, 1.82) is 5.26 Å². The summed E-state index contributed by atoms with van der Waals surface area (Å²) in [6.07, 6.45) is 5.81. The smallest absolute Gasteiger partial charge is 0.245 e. The Hall–Kier alpha value is -3.24. The van der Waals surface area contributed by atoms with Crippen LogP contribution < -0.4 is 11.1 Å². The average molecular weight is 420 g/mol. The van der Waals surface area contributed by atoms with Crippen molar-refractivity contribution >= 4 is 11.8 Å². The number of primary amides is 1. The average Bonchev–Trinajstić information content (AvgIpc) is 3.55. The summed E-state index contributed by atoms with van der Waals surface area (Å²) in [4.78, 5) is 31.5. The Balaban J connectivity index is 1.90. The summed E-state index contributed by atoms with van der Waals surface area (Å²) < 4.78 is 0. The Labute approximate surface area is 183 Å². The number of amides is 2. The summed E-state index contributed by atoms with van der Waals surface area (Å²) >= 11 is 0. The lowest BCUT2D eigenvalue weighted by molar-refractivity contribution is -0.140. The monoisotopic (exact) mass is 419 g/mol. The van der Waals surface area contributed by atoms with Gasteiger partial charge in [-0.3, -0.25) is 14.6 Å². The molecule has 1 fully saturated rings. The zero-order valence-electron chi connectivity index (χ0n) is 18.0. The number of carbonyl (C=O) groups is 2. The largest absolute Gasteiger partial charge is 0.368 e. The van der Waals surface area contributed by atoms with Crippen molar-refractivity contribution in [2.24, 2.45) is 11.7 Å². The van der Waals surface area contributed by atoms with Crippen LogP contribution in [0.3, 0.4) is 0 Å². The molecule has 1 unspecified atom stereocenters. The molecule has 162 valence electrons. The van der Waals surface area contributed by atoms with Crippen LogP contribution in [0.5, 0.6) is 0 Å². The molecule has 2 aromatic rings. The summed E-state index contributed by atoms with van der Waals surface area (Å²) in [5.41, 5.74) is 9.46. The van der Waals surface area contributed by atoms with Crippen molar-refractivity contribution in [1.82, 2.24) is 15.2 Å². The van der Waals surface area contributed by atoms with Crippen LogP contribution in [-0.4, -0.2) is 40.8 Å². The van der Waals surface area contributed by atoms with Crippen molar-refractivity contribution < 1.29 is 9.59 Å². The van der Waals surface area contributed by atoms with Crippen molar-refractivity contribution in [2.75, 3.05) is 13.1 Å². The van der Waals surface area contributed by atoms with Crippen molar-refractivity contribution in [3.8, 4) is 6.07 Å². The number of hydrogen-bond donors (Lipinski definition) is 2. The summed E-state index contributed by atoms with van der Waals surface area (Å²) in [7, 11) is 0. The molecular weight excluding hydrogens is 390 g/mol. The minimum atomic E-state index is -0.921. The number of aromatic nitrogens is 1. The first-order valence-electron chi connectivity index (χ1n) is 10.6. The highest BCUT2D eigenvalue weighted by Gasteiger charge is 2.34. The molecule has 1 aliphatic rings. The van der Waals surface area contributed by atoms with Gasteiger partial charge in [-0.15, -0.1) is 0 Å². The van der Waals surface area contributed by atoms with Gasteiger partial charge in [0, 0.05) is 18.8 Å². The lowest BCUT2D eigenvalue weighted by Crippen LogP contribution is -2.52. The quantitative estimate of drug-likeness (QED) is 0.573. The van der Waals surface area contributed by atoms with E-state index in [0.29, 0.717) is 18.0 Å². The Morgan fingerprint density at radius 3 is 2.55 bits per heavy atom. The molecule has 1 heterocycles. The van der Waals surface area contributed by atoms with Gasteiger partial charge < -0.3 is 16.0 Å². The van der Waals surface area contributed by atoms with Gasteiger partial charge in [-0.05, 0) is 56.3 Å². The lowest BCUT2D eigenvalue weighted by atomic mass is 9.98. The number of carbonyl (C=O) groups excluding carboxylic acids is 2. The topological polar surface area (TPSA) is 112 Å². The Kier molecular flexibility index (Phi) is 7.37. The first kappa shape index (κ1) is 22.4. The highest BCUT2D eigenvalue weighted by atomic mass is 16.2. The van der Waals surface area contributed by atoms with E-state index in [1.807, 2.05) is 44.2 Å². The van der Waals surface area contributed by atoms with E-state index in [0.717, 1.165) is 29.5 Å². The molecule has 0 saturated heterocycles. The van der Waals surface area contributed by atoms with Crippen LogP contribution in [-0.2, 0) is 16.0 Å². The molecule has 7 heteroatoms. The molecule has 1 saturated carbocycles. The molecule has 3 N–H and O–H groups in total. The SMILES string of the molecule is Cc1cc(C)cc(C[C@@H](C(N)=O)N(CC#N)C(=O)C(NCC2CC2)c2cccnc2)c1. The zero-order chi connectivity index (χ0) is 22.4. The van der Waals surface area contributed by atoms with E-state index in [4.69, 9.17) is 5.73 Å². The van der Waals surface area contributed by atoms with Gasteiger partial charge in [0.15, 0.2) is 0 Å². The van der Waals surface area contributed by atoms with Crippen LogP contribution in [0.25, 0.3) is 0 Å². The van der Waals surface area contributed by atoms with Gasteiger partial charge in [-0.2, -0.15) is 5.26 Å². The van der Waals surface area contributed by atoms with Gasteiger partial charge >= 0.3 is 0 Å². The number of hydrogen-bond acceptors (Lipinski definition) is 5. The van der Waals surface area contributed by atoms with E-state index < -0.39 is 18.0 Å². The third-order valence-corrected chi connectivity index (χ3v) is 5.51. The number of pyridine rings is 1. The number of nitrogens with two attached hydrogens (primary N) is 1. The molecule has 1 aromatic carbocycles. The first-order valence-corrected chi connectivity index (χ1v) is 10.6. The lowest BCUT2D eigenvalue weighted by Gasteiger charge is -2.31. The van der Waals surface area contributed by atoms with Crippen molar-refractivity contribution in [3.63, 3.8) is 0 Å². The van der Waals surface area contributed by atoms with Crippen LogP contribution in [0.1, 0.15) is 41.1 Å². The fourth-order valence-electron chi connectivity index (χ4n) is 3.86. The molecule has 7 nitrogen and oxygen atoms in total. The van der Waals surface area contributed by atoms with E-state index in [2.05, 4.69) is 10.3 Å². The molecule has 2 amide bonds. The highest BCUT2D eigenvalue weighted by molar-refractivity contribution is 5.90. The molecule has 3 rings (SSSR count). The fourth-order valence-corrected chi connectivity index (χ4v) is 3.86. The van der Waals surface area contributed by atoms with Gasteiger partial charge in [0.2, 0.25) is 11.8 Å². The Bertz CT molecular complexity index is 945. The zero-order valence-corrected chi connectivity index (χ0v) is 18.0. The third kappa shape index (κ3) is 6.12. The summed E-state index contributed by atoms with van der Waals surface area (Å²) in [5.74, 6) is -0.420. The van der Waals surface area contributed by atoms with Gasteiger partial charge in [0.1, 0.15) is 18.6 Å². The normalized spacial score (nSPS) is 15.0. The number of nitriles is 1. The molecule has 1 aromatic heterocycles. The first-order chi connectivity index (χ1) is 14.9. The van der Waals surface area contributed by atoms with Gasteiger partial charge in [0.05, 0.1) is 6.07 Å². The molecule has 1 aliphatic carbocycles. The molecule has 0 aliphatic heterocycles. The Morgan fingerprint density at radius 2 is 2.00 bits per heavy atom. The van der Waals surface area contributed by atoms with Gasteiger partial charge in [0.25, 0.3) is 0 Å². The number of rotatable bonds is 10. The molecule has 31 heavy (non-hydrogen) atoms. The summed E-state index contributed by atoms with van der Waals surface area (Å²) in [6.45, 7) is 4.44. The molecule has 0 bridgehead atoms. The van der Waals surface area contributed by atoms with E-state index >= 15 is 0 Å². The van der Waals surface area contributed by atoms with Crippen LogP contribution in [0.4, 0.5) is 0 Å². The van der Waals surface area contributed by atoms with Crippen molar-refractivity contribution in [2.45, 2.75) is 45.2 Å². The van der Waals surface area contributed by atoms with E-state index in [9.17, 15) is 14.9 Å². The van der Waals surface area contributed by atoms with Crippen LogP contribution in [0, 0.1) is 31.1 Å². The van der Waals surface area contributed by atoms with Gasteiger partial charge in [-0.25, -0.2) is 0 Å². The maximum absolute atomic E-state index is 13.6. The standard InChI is InChI=1S/C24H29N5O2/c1-16-10-17(2)12-19(11-16)13-21(23(26)30)29(9-7-25)24(31)22(28-14-18-5-6-18)20-4-3-8-27-15-20/h3-4,8,10-12,15,18,21-22,28H,5-6,9,13-14H2,1-2H3,(H2,26,30)/t21-,22?/m0/s1. The van der Waals surface area contributed by atoms with E-state index in [1.165, 1.54) is 4.90 Å². The predicted molar refractivity (Wildman–Crippen MR) is 118 cm³/mol. The van der Waals surface area contributed by atoms with Crippen molar-refractivity contribution in [3.05, 3.63) is 65.0 Å². The number of nitrogens with zero attached hydrogens (tertiary/aromatic N) is 3. The minimum Gasteiger partial charge on any atom is -0.368 e. The van der Waals surface area contributed by atoms with Gasteiger partial charge in [-0.1, -0.05) is 35.4 Å². The number of benzene rings is 1. The predicted octanol–water partition coefficient (Wildman–Crippen LogP) is 2.19. The molecule has 2 atom stereocenters. The summed E-state index contributed by atoms with van der Waals surface area (Å²) in [6, 6.07) is 10.00. The number of nitrogens with one attached hydrogen (secondary N) is 1. The highest BCUT2D eigenvalue weighted by Crippen LogP contribution is 2.29. The maximum atomic E-state index is 13.6. The summed E-state index contributed by atoms with van der Waals surface area (Å²) in [5, 5.41) is 12.7. The number of aryl methyl sites for hydroxylation is 2. The molecule has 0 spiro atoms. The fraction of sp³-hybridized carbons (Fsp3) is 0.417. The minimum absolute atomic E-state index is 0.223. The van der Waals surface area contributed by atoms with Crippen LogP contribution in [0.2, 0.25) is 0 Å². The molecular formula is C24H29N5O2. The van der Waals surface area contributed by atoms with E-state index in [-0.39, 0.29) is 18.9 Å². The second kappa shape index (κ2) is 10.2.